The number of nitrogens with zero attached hydrogens (tertiary/aromatic N) is 1. The van der Waals surface area contributed by atoms with Crippen LogP contribution in [0.2, 0.25) is 5.02 Å². The number of nitrogens with one attached hydrogen (secondary N) is 3. The molecule has 9 heteroatoms. The molecule has 2 heterocycles. The average molecular weight is 501 g/mol. The van der Waals surface area contributed by atoms with Gasteiger partial charge in [0.25, 0.3) is 0 Å². The monoisotopic (exact) mass is 500 g/mol. The summed E-state index contributed by atoms with van der Waals surface area (Å²) in [5.74, 6) is -1.20. The molecule has 2 fully saturated rings. The number of phenolic OH excluding ortho intramolecular Hbond substituents is 1. The van der Waals surface area contributed by atoms with E-state index in [0.29, 0.717) is 17.7 Å². The Morgan fingerprint density at radius 1 is 1.26 bits per heavy atom. The molecule has 0 aromatic heterocycles. The third-order valence-electron chi connectivity index (χ3n) is 6.89. The van der Waals surface area contributed by atoms with E-state index in [4.69, 9.17) is 17.0 Å². The molecule has 1 atom stereocenters. The Kier molecular flexibility index (Phi) is 7.72. The topological polar surface area (TPSA) is 106 Å². The summed E-state index contributed by atoms with van der Waals surface area (Å²) in [6.07, 6.45) is 3.04. The Labute approximate surface area is 209 Å². The summed E-state index contributed by atoms with van der Waals surface area (Å²) in [5, 5.41) is 23.7. The van der Waals surface area contributed by atoms with Crippen LogP contribution in [0, 0.1) is 11.2 Å². The fourth-order valence-corrected chi connectivity index (χ4v) is 5.17. The van der Waals surface area contributed by atoms with Crippen molar-refractivity contribution in [2.75, 3.05) is 25.0 Å². The number of likely N-dealkylation sites (tertiary alicyclic amines) is 1. The van der Waals surface area contributed by atoms with Gasteiger partial charge in [-0.3, -0.25) is 14.9 Å². The molecule has 2 aromatic carbocycles. The number of halogens is 2. The van der Waals surface area contributed by atoms with Gasteiger partial charge in [-0.25, -0.2) is 4.39 Å². The van der Waals surface area contributed by atoms with Crippen molar-refractivity contribution in [1.82, 2.24) is 10.2 Å². The maximum Gasteiger partial charge on any atom is 0.249 e. The van der Waals surface area contributed by atoms with Gasteiger partial charge in [0.2, 0.25) is 11.8 Å². The molecule has 4 N–H and O–H groups in total. The van der Waals surface area contributed by atoms with Crippen LogP contribution in [0.25, 0.3) is 0 Å². The number of imide groups is 1. The van der Waals surface area contributed by atoms with Gasteiger partial charge in [0.15, 0.2) is 0 Å². The maximum atomic E-state index is 14.4. The van der Waals surface area contributed by atoms with Gasteiger partial charge in [-0.1, -0.05) is 23.7 Å². The zero-order chi connectivity index (χ0) is 25.1. The molecule has 0 saturated carbocycles. The highest BCUT2D eigenvalue weighted by Crippen LogP contribution is 2.35. The molecule has 0 bridgehead atoms. The van der Waals surface area contributed by atoms with Crippen LogP contribution in [-0.2, 0) is 16.0 Å². The van der Waals surface area contributed by atoms with E-state index in [0.717, 1.165) is 61.8 Å². The van der Waals surface area contributed by atoms with Crippen LogP contribution in [0.5, 0.6) is 5.75 Å². The lowest BCUT2D eigenvalue weighted by atomic mass is 9.88. The lowest BCUT2D eigenvalue weighted by molar-refractivity contribution is -0.133. The number of carbonyl (C=O) groups excluding carboxylic acids is 2. The second-order valence-electron chi connectivity index (χ2n) is 9.30. The van der Waals surface area contributed by atoms with Crippen molar-refractivity contribution in [2.24, 2.45) is 0 Å². The van der Waals surface area contributed by atoms with Gasteiger partial charge in [-0.15, -0.1) is 0 Å². The normalized spacial score (nSPS) is 19.5. The molecule has 0 spiro atoms. The fraction of sp³-hybridized carbons (Fsp3) is 0.423. The SMILES string of the molecule is CC(=N)c1c(CCN2CCC(c3cc(Cl)c(O)cc3F)CC2)cccc1NC1CCC(=O)NC1=O. The number of benzene rings is 2. The predicted molar refractivity (Wildman–Crippen MR) is 134 cm³/mol. The summed E-state index contributed by atoms with van der Waals surface area (Å²) in [7, 11) is 0. The molecule has 186 valence electrons. The molecular weight excluding hydrogens is 471 g/mol. The van der Waals surface area contributed by atoms with E-state index in [1.807, 2.05) is 18.2 Å². The van der Waals surface area contributed by atoms with Crippen LogP contribution in [0.3, 0.4) is 0 Å². The van der Waals surface area contributed by atoms with E-state index in [9.17, 15) is 19.1 Å². The highest BCUT2D eigenvalue weighted by atomic mass is 35.5. The minimum atomic E-state index is -0.506. The molecule has 2 aliphatic rings. The van der Waals surface area contributed by atoms with Crippen LogP contribution < -0.4 is 10.6 Å². The van der Waals surface area contributed by atoms with E-state index < -0.39 is 11.9 Å². The number of rotatable bonds is 7. The molecule has 4 rings (SSSR count). The molecule has 0 aliphatic carbocycles. The summed E-state index contributed by atoms with van der Waals surface area (Å²) in [6.45, 7) is 4.16. The zero-order valence-corrected chi connectivity index (χ0v) is 20.4. The molecule has 2 amide bonds. The molecule has 7 nitrogen and oxygen atoms in total. The third kappa shape index (κ3) is 5.82. The van der Waals surface area contributed by atoms with E-state index >= 15 is 0 Å². The third-order valence-corrected chi connectivity index (χ3v) is 7.19. The summed E-state index contributed by atoms with van der Waals surface area (Å²) >= 11 is 5.99. The van der Waals surface area contributed by atoms with E-state index in [-0.39, 0.29) is 34.9 Å². The first kappa shape index (κ1) is 25.1. The highest BCUT2D eigenvalue weighted by molar-refractivity contribution is 6.32. The van der Waals surface area contributed by atoms with Gasteiger partial charge in [0.1, 0.15) is 17.6 Å². The number of anilines is 1. The fourth-order valence-electron chi connectivity index (χ4n) is 5.00. The minimum Gasteiger partial charge on any atom is -0.506 e. The van der Waals surface area contributed by atoms with Gasteiger partial charge in [-0.2, -0.15) is 0 Å². The highest BCUT2D eigenvalue weighted by Gasteiger charge is 2.28. The second kappa shape index (κ2) is 10.7. The number of aromatic hydroxyl groups is 1. The predicted octanol–water partition coefficient (Wildman–Crippen LogP) is 4.21. The summed E-state index contributed by atoms with van der Waals surface area (Å²) in [5.41, 5.74) is 3.50. The van der Waals surface area contributed by atoms with Crippen molar-refractivity contribution in [3.63, 3.8) is 0 Å². The second-order valence-corrected chi connectivity index (χ2v) is 9.71. The van der Waals surface area contributed by atoms with E-state index in [1.165, 1.54) is 6.07 Å². The molecular formula is C26H30ClFN4O3. The first-order valence-corrected chi connectivity index (χ1v) is 12.3. The first-order chi connectivity index (χ1) is 16.7. The quantitative estimate of drug-likeness (QED) is 0.336. The lowest BCUT2D eigenvalue weighted by Crippen LogP contribution is -2.47. The van der Waals surface area contributed by atoms with Gasteiger partial charge in [0.05, 0.1) is 5.02 Å². The van der Waals surface area contributed by atoms with Crippen molar-refractivity contribution in [3.8, 4) is 5.75 Å². The number of hydrogen-bond acceptors (Lipinski definition) is 6. The summed E-state index contributed by atoms with van der Waals surface area (Å²) in [4.78, 5) is 26.0. The number of phenols is 1. The van der Waals surface area contributed by atoms with Crippen LogP contribution in [-0.4, -0.2) is 53.2 Å². The van der Waals surface area contributed by atoms with Crippen molar-refractivity contribution >= 4 is 34.8 Å². The Bertz CT molecular complexity index is 1150. The van der Waals surface area contributed by atoms with Crippen LogP contribution in [0.4, 0.5) is 10.1 Å². The molecule has 35 heavy (non-hydrogen) atoms. The van der Waals surface area contributed by atoms with Crippen molar-refractivity contribution in [1.29, 1.82) is 5.41 Å². The van der Waals surface area contributed by atoms with Crippen LogP contribution in [0.1, 0.15) is 55.2 Å². The smallest absolute Gasteiger partial charge is 0.249 e. The summed E-state index contributed by atoms with van der Waals surface area (Å²) < 4.78 is 14.4. The van der Waals surface area contributed by atoms with Gasteiger partial charge < -0.3 is 20.7 Å². The van der Waals surface area contributed by atoms with Gasteiger partial charge in [-0.05, 0) is 74.9 Å². The lowest BCUT2D eigenvalue weighted by Gasteiger charge is -2.32. The Morgan fingerprint density at radius 3 is 2.69 bits per heavy atom. The number of piperidine rings is 2. The molecule has 2 aliphatic heterocycles. The maximum absolute atomic E-state index is 14.4. The zero-order valence-electron chi connectivity index (χ0n) is 19.7. The number of carbonyl (C=O) groups is 2. The Hall–Kier alpha value is -2.97. The Morgan fingerprint density at radius 2 is 2.00 bits per heavy atom. The standard InChI is InChI=1S/C26H30ClFN4O3/c1-15(29)25-17(3-2-4-21(25)30-22-5-6-24(34)31-26(22)35)9-12-32-10-7-16(8-11-32)18-13-19(27)23(33)14-20(18)28/h2-4,13-14,16,22,29-30,33H,5-12H2,1H3,(H,31,34,35). The number of hydrogen-bond donors (Lipinski definition) is 4. The molecule has 2 aromatic rings. The van der Waals surface area contributed by atoms with Crippen molar-refractivity contribution in [3.05, 3.63) is 57.9 Å². The van der Waals surface area contributed by atoms with E-state index in [1.54, 1.807) is 6.92 Å². The summed E-state index contributed by atoms with van der Waals surface area (Å²) in [6, 6.07) is 7.90. The van der Waals surface area contributed by atoms with Gasteiger partial charge in [0, 0.05) is 36.0 Å². The largest absolute Gasteiger partial charge is 0.506 e. The average Bonchev–Trinajstić information content (AvgIpc) is 2.82. The van der Waals surface area contributed by atoms with Crippen molar-refractivity contribution in [2.45, 2.75) is 51.0 Å². The van der Waals surface area contributed by atoms with Gasteiger partial charge >= 0.3 is 0 Å². The van der Waals surface area contributed by atoms with Crippen LogP contribution in [0.15, 0.2) is 30.3 Å². The molecule has 1 unspecified atom stereocenters. The Balaban J connectivity index is 1.39. The van der Waals surface area contributed by atoms with Crippen LogP contribution >= 0.6 is 11.6 Å². The number of amides is 2. The van der Waals surface area contributed by atoms with Crippen molar-refractivity contribution < 1.29 is 19.1 Å². The van der Waals surface area contributed by atoms with E-state index in [2.05, 4.69) is 15.5 Å². The first-order valence-electron chi connectivity index (χ1n) is 11.9. The minimum absolute atomic E-state index is 0.0600. The molecule has 0 radical (unpaired) electrons. The molecule has 2 saturated heterocycles.